The molecule has 0 unspecified atom stereocenters. The second kappa shape index (κ2) is 5.23. The molecule has 18 heavy (non-hydrogen) atoms. The molecule has 0 atom stereocenters. The standard InChI is InChI=1S/C13H13BrF2N2/c14-12-2-1-11(9-10(12)3-6-17)18-7-4-13(15,16)5-8-18/h1-2,9H,3-5,7-8H2. The Kier molecular flexibility index (Phi) is 3.86. The van der Waals surface area contributed by atoms with Crippen LogP contribution < -0.4 is 4.90 Å². The molecule has 0 amide bonds. The summed E-state index contributed by atoms with van der Waals surface area (Å²) in [4.78, 5) is 1.95. The van der Waals surface area contributed by atoms with Crippen molar-refractivity contribution in [1.82, 2.24) is 0 Å². The fourth-order valence-electron chi connectivity index (χ4n) is 2.07. The normalized spacial score (nSPS) is 18.4. The molecule has 0 spiro atoms. The maximum absolute atomic E-state index is 13.1. The summed E-state index contributed by atoms with van der Waals surface area (Å²) in [6.45, 7) is 0.723. The third kappa shape index (κ3) is 2.99. The van der Waals surface area contributed by atoms with Crippen LogP contribution in [0.1, 0.15) is 18.4 Å². The number of piperidine rings is 1. The van der Waals surface area contributed by atoms with Gasteiger partial charge in [0.1, 0.15) is 0 Å². The summed E-state index contributed by atoms with van der Waals surface area (Å²) < 4.78 is 27.0. The fraction of sp³-hybridized carbons (Fsp3) is 0.462. The van der Waals surface area contributed by atoms with E-state index < -0.39 is 5.92 Å². The van der Waals surface area contributed by atoms with Crippen molar-refractivity contribution in [2.75, 3.05) is 18.0 Å². The monoisotopic (exact) mass is 314 g/mol. The molecule has 0 N–H and O–H groups in total. The molecular formula is C13H13BrF2N2. The number of alkyl halides is 2. The first-order valence-corrected chi connectivity index (χ1v) is 6.59. The summed E-state index contributed by atoms with van der Waals surface area (Å²) in [5.41, 5.74) is 1.81. The van der Waals surface area contributed by atoms with E-state index in [0.29, 0.717) is 19.5 Å². The molecule has 1 aromatic rings. The van der Waals surface area contributed by atoms with E-state index in [9.17, 15) is 8.78 Å². The van der Waals surface area contributed by atoms with Crippen LogP contribution in [0, 0.1) is 11.3 Å². The van der Waals surface area contributed by atoms with E-state index in [1.807, 2.05) is 23.1 Å². The fourth-order valence-corrected chi connectivity index (χ4v) is 2.46. The van der Waals surface area contributed by atoms with Crippen LogP contribution in [0.15, 0.2) is 22.7 Å². The van der Waals surface area contributed by atoms with Crippen LogP contribution >= 0.6 is 15.9 Å². The quantitative estimate of drug-likeness (QED) is 0.831. The van der Waals surface area contributed by atoms with Crippen molar-refractivity contribution >= 4 is 21.6 Å². The van der Waals surface area contributed by atoms with E-state index in [2.05, 4.69) is 22.0 Å². The van der Waals surface area contributed by atoms with Crippen LogP contribution in [0.3, 0.4) is 0 Å². The Labute approximate surface area is 113 Å². The molecule has 0 saturated carbocycles. The molecule has 1 aromatic carbocycles. The number of nitrogens with zero attached hydrogens (tertiary/aromatic N) is 2. The van der Waals surface area contributed by atoms with Crippen molar-refractivity contribution in [2.24, 2.45) is 0 Å². The van der Waals surface area contributed by atoms with E-state index >= 15 is 0 Å². The summed E-state index contributed by atoms with van der Waals surface area (Å²) in [7, 11) is 0. The molecule has 1 aliphatic rings. The van der Waals surface area contributed by atoms with Crippen LogP contribution in [0.2, 0.25) is 0 Å². The van der Waals surface area contributed by atoms with Crippen LogP contribution in [0.25, 0.3) is 0 Å². The van der Waals surface area contributed by atoms with Gasteiger partial charge in [0.25, 0.3) is 5.92 Å². The van der Waals surface area contributed by atoms with Crippen molar-refractivity contribution in [3.05, 3.63) is 28.2 Å². The Morgan fingerprint density at radius 2 is 2.00 bits per heavy atom. The number of hydrogen-bond acceptors (Lipinski definition) is 2. The number of hydrogen-bond donors (Lipinski definition) is 0. The minimum Gasteiger partial charge on any atom is -0.371 e. The summed E-state index contributed by atoms with van der Waals surface area (Å²) in [5, 5.41) is 8.73. The van der Waals surface area contributed by atoms with Crippen LogP contribution in [-0.4, -0.2) is 19.0 Å². The SMILES string of the molecule is N#CCc1cc(N2CCC(F)(F)CC2)ccc1Br. The third-order valence-electron chi connectivity index (χ3n) is 3.16. The first kappa shape index (κ1) is 13.3. The third-order valence-corrected chi connectivity index (χ3v) is 3.93. The summed E-state index contributed by atoms with van der Waals surface area (Å²) in [6, 6.07) is 7.77. The smallest absolute Gasteiger partial charge is 0.251 e. The number of anilines is 1. The first-order chi connectivity index (χ1) is 8.52. The van der Waals surface area contributed by atoms with E-state index in [4.69, 9.17) is 5.26 Å². The van der Waals surface area contributed by atoms with E-state index in [-0.39, 0.29) is 12.8 Å². The average molecular weight is 315 g/mol. The Morgan fingerprint density at radius 1 is 1.33 bits per heavy atom. The highest BCUT2D eigenvalue weighted by molar-refractivity contribution is 9.10. The molecule has 1 fully saturated rings. The van der Waals surface area contributed by atoms with Gasteiger partial charge in [-0.05, 0) is 23.8 Å². The van der Waals surface area contributed by atoms with Gasteiger partial charge in [-0.1, -0.05) is 15.9 Å². The Morgan fingerprint density at radius 3 is 2.61 bits per heavy atom. The number of halogens is 3. The zero-order valence-corrected chi connectivity index (χ0v) is 11.4. The lowest BCUT2D eigenvalue weighted by Gasteiger charge is -2.33. The molecule has 0 aromatic heterocycles. The van der Waals surface area contributed by atoms with Crippen LogP contribution in [-0.2, 0) is 6.42 Å². The molecular weight excluding hydrogens is 302 g/mol. The van der Waals surface area contributed by atoms with Crippen molar-refractivity contribution in [3.8, 4) is 6.07 Å². The molecule has 1 saturated heterocycles. The lowest BCUT2D eigenvalue weighted by atomic mass is 10.0. The average Bonchev–Trinajstić information content (AvgIpc) is 2.32. The summed E-state index contributed by atoms with van der Waals surface area (Å²) >= 11 is 3.38. The highest BCUT2D eigenvalue weighted by atomic mass is 79.9. The topological polar surface area (TPSA) is 27.0 Å². The van der Waals surface area contributed by atoms with E-state index in [1.54, 1.807) is 0 Å². The van der Waals surface area contributed by atoms with Crippen LogP contribution in [0.5, 0.6) is 0 Å². The Balaban J connectivity index is 2.15. The zero-order chi connectivity index (χ0) is 13.2. The van der Waals surface area contributed by atoms with Crippen molar-refractivity contribution < 1.29 is 8.78 Å². The van der Waals surface area contributed by atoms with Gasteiger partial charge in [0, 0.05) is 36.1 Å². The van der Waals surface area contributed by atoms with Crippen LogP contribution in [0.4, 0.5) is 14.5 Å². The van der Waals surface area contributed by atoms with Gasteiger partial charge in [-0.15, -0.1) is 0 Å². The van der Waals surface area contributed by atoms with Gasteiger partial charge in [-0.3, -0.25) is 0 Å². The highest BCUT2D eigenvalue weighted by Gasteiger charge is 2.34. The van der Waals surface area contributed by atoms with Gasteiger partial charge in [0.2, 0.25) is 0 Å². The molecule has 0 aliphatic carbocycles. The second-order valence-electron chi connectivity index (χ2n) is 4.45. The number of benzene rings is 1. The van der Waals surface area contributed by atoms with Gasteiger partial charge < -0.3 is 4.90 Å². The van der Waals surface area contributed by atoms with Crippen molar-refractivity contribution in [1.29, 1.82) is 5.26 Å². The second-order valence-corrected chi connectivity index (χ2v) is 5.31. The van der Waals surface area contributed by atoms with E-state index in [0.717, 1.165) is 15.7 Å². The maximum Gasteiger partial charge on any atom is 0.251 e. The largest absolute Gasteiger partial charge is 0.371 e. The maximum atomic E-state index is 13.1. The minimum atomic E-state index is -2.53. The lowest BCUT2D eigenvalue weighted by molar-refractivity contribution is -0.0220. The predicted molar refractivity (Wildman–Crippen MR) is 69.9 cm³/mol. The van der Waals surface area contributed by atoms with Gasteiger partial charge in [0.15, 0.2) is 0 Å². The predicted octanol–water partition coefficient (Wildman–Crippen LogP) is 3.75. The summed E-state index contributed by atoms with van der Waals surface area (Å²) in [6.07, 6.45) is 0.117. The minimum absolute atomic E-state index is 0.101. The molecule has 2 nitrogen and oxygen atoms in total. The van der Waals surface area contributed by atoms with Gasteiger partial charge in [0.05, 0.1) is 12.5 Å². The summed E-state index contributed by atoms with van der Waals surface area (Å²) in [5.74, 6) is -2.53. The molecule has 1 heterocycles. The molecule has 0 bridgehead atoms. The zero-order valence-electron chi connectivity index (χ0n) is 9.80. The number of nitriles is 1. The molecule has 1 aliphatic heterocycles. The van der Waals surface area contributed by atoms with Crippen molar-refractivity contribution in [2.45, 2.75) is 25.2 Å². The van der Waals surface area contributed by atoms with Gasteiger partial charge >= 0.3 is 0 Å². The van der Waals surface area contributed by atoms with Gasteiger partial charge in [-0.25, -0.2) is 8.78 Å². The molecule has 0 radical (unpaired) electrons. The Bertz CT molecular complexity index is 472. The first-order valence-electron chi connectivity index (χ1n) is 5.80. The highest BCUT2D eigenvalue weighted by Crippen LogP contribution is 2.32. The lowest BCUT2D eigenvalue weighted by Crippen LogP contribution is -2.39. The molecule has 96 valence electrons. The Hall–Kier alpha value is -1.15. The van der Waals surface area contributed by atoms with Gasteiger partial charge in [-0.2, -0.15) is 5.26 Å². The van der Waals surface area contributed by atoms with Crippen molar-refractivity contribution in [3.63, 3.8) is 0 Å². The van der Waals surface area contributed by atoms with E-state index in [1.165, 1.54) is 0 Å². The molecule has 5 heteroatoms. The number of rotatable bonds is 2. The molecule has 2 rings (SSSR count).